The Morgan fingerprint density at radius 3 is 2.56 bits per heavy atom. The molecule has 1 aliphatic rings. The highest BCUT2D eigenvalue weighted by Gasteiger charge is 2.22. The number of hydrogen-bond donors (Lipinski definition) is 2. The summed E-state index contributed by atoms with van der Waals surface area (Å²) in [5, 5.41) is 10.6. The van der Waals surface area contributed by atoms with E-state index >= 15 is 0 Å². The van der Waals surface area contributed by atoms with Gasteiger partial charge in [0, 0.05) is 42.3 Å². The molecule has 0 spiro atoms. The minimum absolute atomic E-state index is 0.0641. The summed E-state index contributed by atoms with van der Waals surface area (Å²) in [7, 11) is -3.92. The fourth-order valence-corrected chi connectivity index (χ4v) is 5.77. The number of aromatic carboxylic acids is 1. The van der Waals surface area contributed by atoms with E-state index in [2.05, 4.69) is 26.4 Å². The molecule has 1 saturated heterocycles. The van der Waals surface area contributed by atoms with Crippen molar-refractivity contribution in [3.8, 4) is 0 Å². The number of carbonyl (C=O) groups is 1. The number of hydrogen-bond acceptors (Lipinski definition) is 6. The largest absolute Gasteiger partial charge is 0.478 e. The van der Waals surface area contributed by atoms with E-state index in [0.717, 1.165) is 39.1 Å². The molecule has 0 radical (unpaired) electrons. The molecule has 2 N–H and O–H groups in total. The number of benzene rings is 2. The molecule has 2 heterocycles. The number of nitrogens with one attached hydrogen (secondary N) is 1. The molecule has 0 atom stereocenters. The van der Waals surface area contributed by atoms with E-state index in [1.54, 1.807) is 37.3 Å². The van der Waals surface area contributed by atoms with Gasteiger partial charge < -0.3 is 10.0 Å². The Bertz CT molecular complexity index is 1340. The van der Waals surface area contributed by atoms with Gasteiger partial charge in [0.2, 0.25) is 0 Å². The van der Waals surface area contributed by atoms with Gasteiger partial charge >= 0.3 is 5.97 Å². The Kier molecular flexibility index (Phi) is 6.97. The minimum atomic E-state index is -3.92. The third kappa shape index (κ3) is 4.96. The number of anilines is 2. The molecule has 4 rings (SSSR count). The summed E-state index contributed by atoms with van der Waals surface area (Å²) in [4.78, 5) is 21.3. The van der Waals surface area contributed by atoms with Crippen LogP contribution in [0.1, 0.15) is 29.3 Å². The molecule has 34 heavy (non-hydrogen) atoms. The Morgan fingerprint density at radius 2 is 1.88 bits per heavy atom. The highest BCUT2D eigenvalue weighted by Crippen LogP contribution is 2.29. The summed E-state index contributed by atoms with van der Waals surface area (Å²) >= 11 is 6.09. The highest BCUT2D eigenvalue weighted by atomic mass is 35.5. The molecule has 2 aromatic carbocycles. The zero-order valence-corrected chi connectivity index (χ0v) is 20.7. The predicted octanol–water partition coefficient (Wildman–Crippen LogP) is 4.23. The maximum atomic E-state index is 13.0. The first-order chi connectivity index (χ1) is 16.2. The van der Waals surface area contributed by atoms with Crippen LogP contribution in [0.2, 0.25) is 5.02 Å². The summed E-state index contributed by atoms with van der Waals surface area (Å²) < 4.78 is 28.4. The Balaban J connectivity index is 1.66. The number of carboxylic acids is 1. The molecule has 8 nitrogen and oxygen atoms in total. The van der Waals surface area contributed by atoms with Gasteiger partial charge in [-0.1, -0.05) is 24.6 Å². The van der Waals surface area contributed by atoms with Crippen LogP contribution in [0.5, 0.6) is 0 Å². The van der Waals surface area contributed by atoms with Gasteiger partial charge in [-0.05, 0) is 61.9 Å². The van der Waals surface area contributed by atoms with E-state index in [1.165, 1.54) is 12.1 Å². The van der Waals surface area contributed by atoms with Gasteiger partial charge in [0.15, 0.2) is 0 Å². The number of sulfonamides is 1. The lowest BCUT2D eigenvalue weighted by Crippen LogP contribution is -2.46. The molecule has 0 saturated carbocycles. The van der Waals surface area contributed by atoms with E-state index in [-0.39, 0.29) is 16.1 Å². The Hall–Kier alpha value is -2.88. The smallest absolute Gasteiger partial charge is 0.336 e. The van der Waals surface area contributed by atoms with Crippen LogP contribution in [0.25, 0.3) is 10.9 Å². The van der Waals surface area contributed by atoms with Crippen LogP contribution >= 0.6 is 11.6 Å². The molecule has 1 aromatic heterocycles. The van der Waals surface area contributed by atoms with Gasteiger partial charge in [-0.3, -0.25) is 9.62 Å². The third-order valence-corrected chi connectivity index (χ3v) is 7.96. The van der Waals surface area contributed by atoms with E-state index in [9.17, 15) is 18.3 Å². The van der Waals surface area contributed by atoms with Gasteiger partial charge in [0.1, 0.15) is 5.82 Å². The number of nitrogens with zero attached hydrogens (tertiary/aromatic N) is 3. The molecule has 0 aliphatic carbocycles. The average molecular weight is 503 g/mol. The lowest BCUT2D eigenvalue weighted by Gasteiger charge is -2.35. The number of fused-ring (bicyclic) bond motifs is 1. The van der Waals surface area contributed by atoms with Crippen LogP contribution < -0.4 is 9.62 Å². The van der Waals surface area contributed by atoms with E-state index in [4.69, 9.17) is 11.6 Å². The normalized spacial score (nSPS) is 15.0. The van der Waals surface area contributed by atoms with Crippen LogP contribution in [-0.4, -0.2) is 62.1 Å². The minimum Gasteiger partial charge on any atom is -0.478 e. The summed E-state index contributed by atoms with van der Waals surface area (Å²) in [5.41, 5.74) is 1.26. The number of pyridine rings is 1. The fraction of sp³-hybridized carbons (Fsp3) is 0.333. The molecule has 0 unspecified atom stereocenters. The second-order valence-electron chi connectivity index (χ2n) is 8.36. The van der Waals surface area contributed by atoms with E-state index < -0.39 is 16.0 Å². The average Bonchev–Trinajstić information content (AvgIpc) is 2.80. The second kappa shape index (κ2) is 9.77. The molecule has 10 heteroatoms. The first-order valence-corrected chi connectivity index (χ1v) is 13.0. The van der Waals surface area contributed by atoms with Crippen molar-refractivity contribution >= 4 is 50.0 Å². The summed E-state index contributed by atoms with van der Waals surface area (Å²) in [5.74, 6) is -0.479. The first-order valence-electron chi connectivity index (χ1n) is 11.1. The summed E-state index contributed by atoms with van der Waals surface area (Å²) in [6, 6.07) is 11.0. The number of rotatable bonds is 7. The van der Waals surface area contributed by atoms with Gasteiger partial charge in [0.25, 0.3) is 10.0 Å². The molecule has 3 aromatic rings. The summed E-state index contributed by atoms with van der Waals surface area (Å²) in [6.45, 7) is 8.18. The third-order valence-electron chi connectivity index (χ3n) is 6.02. The van der Waals surface area contributed by atoms with Crippen molar-refractivity contribution in [1.82, 2.24) is 9.88 Å². The first kappa shape index (κ1) is 24.3. The van der Waals surface area contributed by atoms with Crippen molar-refractivity contribution in [2.45, 2.75) is 25.2 Å². The molecule has 1 fully saturated rings. The van der Waals surface area contributed by atoms with Crippen LogP contribution in [-0.2, 0) is 10.0 Å². The van der Waals surface area contributed by atoms with Gasteiger partial charge in [0.05, 0.1) is 16.0 Å². The second-order valence-corrected chi connectivity index (χ2v) is 10.4. The van der Waals surface area contributed by atoms with E-state index in [1.807, 2.05) is 0 Å². The zero-order chi connectivity index (χ0) is 24.5. The van der Waals surface area contributed by atoms with Crippen molar-refractivity contribution in [3.05, 3.63) is 58.6 Å². The van der Waals surface area contributed by atoms with Crippen molar-refractivity contribution in [2.24, 2.45) is 0 Å². The van der Waals surface area contributed by atoms with Gasteiger partial charge in [-0.25, -0.2) is 18.2 Å². The summed E-state index contributed by atoms with van der Waals surface area (Å²) in [6.07, 6.45) is 1.10. The zero-order valence-electron chi connectivity index (χ0n) is 19.1. The molecular weight excluding hydrogens is 476 g/mol. The quantitative estimate of drug-likeness (QED) is 0.498. The number of carboxylic acid groups (broad SMARTS) is 1. The lowest BCUT2D eigenvalue weighted by molar-refractivity contribution is 0.0699. The molecule has 1 aliphatic heterocycles. The standard InChI is InChI=1S/C24H27ClN4O4S/c1-3-9-28-10-12-29(13-11-28)23-15-19(24(30)31)18-14-17(7-8-21(18)26-23)27-34(32,33)22-6-4-5-20(25)16(22)2/h4-8,14-15,27H,3,9-13H2,1-2H3,(H,30,31). The monoisotopic (exact) mass is 502 g/mol. The van der Waals surface area contributed by atoms with Crippen molar-refractivity contribution in [1.29, 1.82) is 0 Å². The number of aromatic nitrogens is 1. The van der Waals surface area contributed by atoms with Crippen LogP contribution in [0, 0.1) is 6.92 Å². The fourth-order valence-electron chi connectivity index (χ4n) is 4.22. The number of piperazine rings is 1. The molecule has 0 bridgehead atoms. The van der Waals surface area contributed by atoms with Crippen molar-refractivity contribution in [2.75, 3.05) is 42.3 Å². The maximum Gasteiger partial charge on any atom is 0.336 e. The molecule has 0 amide bonds. The molecular formula is C24H27ClN4O4S. The van der Waals surface area contributed by atoms with Crippen LogP contribution in [0.3, 0.4) is 0 Å². The van der Waals surface area contributed by atoms with Gasteiger partial charge in [-0.15, -0.1) is 0 Å². The van der Waals surface area contributed by atoms with Crippen molar-refractivity contribution < 1.29 is 18.3 Å². The Morgan fingerprint density at radius 1 is 1.15 bits per heavy atom. The topological polar surface area (TPSA) is 103 Å². The predicted molar refractivity (Wildman–Crippen MR) is 135 cm³/mol. The molecule has 180 valence electrons. The lowest BCUT2D eigenvalue weighted by atomic mass is 10.1. The van der Waals surface area contributed by atoms with Crippen LogP contribution in [0.15, 0.2) is 47.4 Å². The van der Waals surface area contributed by atoms with Gasteiger partial charge in [-0.2, -0.15) is 0 Å². The maximum absolute atomic E-state index is 13.0. The van der Waals surface area contributed by atoms with E-state index in [0.29, 0.717) is 27.3 Å². The Labute approximate surface area is 204 Å². The van der Waals surface area contributed by atoms with Crippen molar-refractivity contribution in [3.63, 3.8) is 0 Å². The highest BCUT2D eigenvalue weighted by molar-refractivity contribution is 7.92. The SMILES string of the molecule is CCCN1CCN(c2cc(C(=O)O)c3cc(NS(=O)(=O)c4cccc(Cl)c4C)ccc3n2)CC1. The number of halogens is 1. The van der Waals surface area contributed by atoms with Crippen LogP contribution in [0.4, 0.5) is 11.5 Å².